The number of aldehydes is 2. The van der Waals surface area contributed by atoms with Crippen LogP contribution in [0.3, 0.4) is 0 Å². The number of rotatable bonds is 5. The van der Waals surface area contributed by atoms with Gasteiger partial charge >= 0.3 is 6.36 Å². The maximum atomic E-state index is 12.1. The van der Waals surface area contributed by atoms with Crippen LogP contribution in [0.25, 0.3) is 0 Å². The van der Waals surface area contributed by atoms with Gasteiger partial charge in [-0.2, -0.15) is 0 Å². The molecule has 0 saturated carbocycles. The minimum Gasteiger partial charge on any atom is -0.494 e. The molecule has 1 rings (SSSR count). The molecule has 1 aromatic carbocycles. The quantitative estimate of drug-likeness (QED) is 0.765. The molecule has 0 aliphatic heterocycles. The van der Waals surface area contributed by atoms with E-state index >= 15 is 0 Å². The van der Waals surface area contributed by atoms with E-state index in [1.54, 1.807) is 6.92 Å². The van der Waals surface area contributed by atoms with Crippen molar-refractivity contribution in [3.63, 3.8) is 0 Å². The number of ether oxygens (including phenoxy) is 2. The van der Waals surface area contributed by atoms with Crippen LogP contribution < -0.4 is 9.47 Å². The predicted octanol–water partition coefficient (Wildman–Crippen LogP) is 2.61. The van der Waals surface area contributed by atoms with Crippen molar-refractivity contribution in [1.82, 2.24) is 0 Å². The molecule has 98 valence electrons. The van der Waals surface area contributed by atoms with Crippen LogP contribution in [-0.2, 0) is 0 Å². The Morgan fingerprint density at radius 3 is 2.00 bits per heavy atom. The van der Waals surface area contributed by atoms with Gasteiger partial charge in [0.15, 0.2) is 18.3 Å². The lowest BCUT2D eigenvalue weighted by Crippen LogP contribution is -2.19. The Hall–Kier alpha value is -2.05. The Morgan fingerprint density at radius 1 is 1.17 bits per heavy atom. The molecule has 7 heteroatoms. The highest BCUT2D eigenvalue weighted by molar-refractivity contribution is 5.89. The Labute approximate surface area is 100 Å². The second-order valence-corrected chi connectivity index (χ2v) is 3.15. The Balaban J connectivity index is 3.30. The lowest BCUT2D eigenvalue weighted by atomic mass is 10.1. The highest BCUT2D eigenvalue weighted by Crippen LogP contribution is 2.32. The SMILES string of the molecule is CCOc1cc(C=O)c(OC(F)(F)F)c(C=O)c1. The van der Waals surface area contributed by atoms with Crippen LogP contribution in [-0.4, -0.2) is 25.5 Å². The van der Waals surface area contributed by atoms with Crippen molar-refractivity contribution in [2.75, 3.05) is 6.61 Å². The monoisotopic (exact) mass is 262 g/mol. The molecule has 0 unspecified atom stereocenters. The molecule has 0 amide bonds. The summed E-state index contributed by atoms with van der Waals surface area (Å²) in [5.74, 6) is -0.702. The molecule has 4 nitrogen and oxygen atoms in total. The van der Waals surface area contributed by atoms with Gasteiger partial charge in [0.2, 0.25) is 0 Å². The highest BCUT2D eigenvalue weighted by Gasteiger charge is 2.33. The molecule has 0 aliphatic rings. The van der Waals surface area contributed by atoms with Crippen molar-refractivity contribution in [3.8, 4) is 11.5 Å². The molecule has 0 saturated heterocycles. The first-order valence-electron chi connectivity index (χ1n) is 4.88. The first-order chi connectivity index (χ1) is 8.41. The second-order valence-electron chi connectivity index (χ2n) is 3.15. The molecule has 0 radical (unpaired) electrons. The van der Waals surface area contributed by atoms with Gasteiger partial charge in [0.1, 0.15) is 5.75 Å². The molecule has 0 aliphatic carbocycles. The second kappa shape index (κ2) is 5.52. The Kier molecular flexibility index (Phi) is 4.30. The van der Waals surface area contributed by atoms with E-state index in [0.29, 0.717) is 0 Å². The fourth-order valence-corrected chi connectivity index (χ4v) is 1.30. The minimum atomic E-state index is -4.98. The van der Waals surface area contributed by atoms with E-state index in [9.17, 15) is 22.8 Å². The van der Waals surface area contributed by atoms with E-state index in [1.807, 2.05) is 0 Å². The van der Waals surface area contributed by atoms with Crippen molar-refractivity contribution < 1.29 is 32.2 Å². The van der Waals surface area contributed by atoms with E-state index in [-0.39, 0.29) is 24.9 Å². The minimum absolute atomic E-state index is 0.122. The third kappa shape index (κ3) is 3.47. The summed E-state index contributed by atoms with van der Waals surface area (Å²) in [5.41, 5.74) is -0.805. The smallest absolute Gasteiger partial charge is 0.494 e. The average molecular weight is 262 g/mol. The van der Waals surface area contributed by atoms with E-state index in [4.69, 9.17) is 4.74 Å². The molecule has 0 N–H and O–H groups in total. The molecular formula is C11H9F3O4. The zero-order valence-electron chi connectivity index (χ0n) is 9.28. The van der Waals surface area contributed by atoms with Crippen LogP contribution in [0.4, 0.5) is 13.2 Å². The number of carbonyl (C=O) groups is 2. The lowest BCUT2D eigenvalue weighted by Gasteiger charge is -2.14. The van der Waals surface area contributed by atoms with E-state index < -0.39 is 23.2 Å². The summed E-state index contributed by atoms with van der Waals surface area (Å²) >= 11 is 0. The van der Waals surface area contributed by atoms with Gasteiger partial charge in [-0.3, -0.25) is 9.59 Å². The summed E-state index contributed by atoms with van der Waals surface area (Å²) in [5, 5.41) is 0. The summed E-state index contributed by atoms with van der Waals surface area (Å²) in [6.45, 7) is 1.90. The molecule has 0 atom stereocenters. The van der Waals surface area contributed by atoms with Gasteiger partial charge in [0, 0.05) is 0 Å². The largest absolute Gasteiger partial charge is 0.573 e. The van der Waals surface area contributed by atoms with Crippen molar-refractivity contribution >= 4 is 12.6 Å². The van der Waals surface area contributed by atoms with E-state index in [0.717, 1.165) is 12.1 Å². The normalized spacial score (nSPS) is 10.9. The van der Waals surface area contributed by atoms with Crippen LogP contribution >= 0.6 is 0 Å². The van der Waals surface area contributed by atoms with E-state index in [1.165, 1.54) is 0 Å². The summed E-state index contributed by atoms with van der Waals surface area (Å²) in [4.78, 5) is 21.4. The summed E-state index contributed by atoms with van der Waals surface area (Å²) in [7, 11) is 0. The first-order valence-corrected chi connectivity index (χ1v) is 4.88. The number of hydrogen-bond donors (Lipinski definition) is 0. The van der Waals surface area contributed by atoms with Crippen LogP contribution in [0.15, 0.2) is 12.1 Å². The molecule has 0 heterocycles. The fourth-order valence-electron chi connectivity index (χ4n) is 1.30. The van der Waals surface area contributed by atoms with Crippen molar-refractivity contribution in [2.45, 2.75) is 13.3 Å². The third-order valence-electron chi connectivity index (χ3n) is 1.90. The predicted molar refractivity (Wildman–Crippen MR) is 55.1 cm³/mol. The number of hydrogen-bond acceptors (Lipinski definition) is 4. The van der Waals surface area contributed by atoms with Gasteiger partial charge in [0.05, 0.1) is 17.7 Å². The fraction of sp³-hybridized carbons (Fsp3) is 0.273. The molecule has 18 heavy (non-hydrogen) atoms. The van der Waals surface area contributed by atoms with Crippen molar-refractivity contribution in [2.24, 2.45) is 0 Å². The summed E-state index contributed by atoms with van der Waals surface area (Å²) < 4.78 is 45.1. The maximum absolute atomic E-state index is 12.1. The third-order valence-corrected chi connectivity index (χ3v) is 1.90. The van der Waals surface area contributed by atoms with Crippen LogP contribution in [0.1, 0.15) is 27.6 Å². The van der Waals surface area contributed by atoms with E-state index in [2.05, 4.69) is 4.74 Å². The summed E-state index contributed by atoms with van der Waals surface area (Å²) in [6.07, 6.45) is -4.66. The van der Waals surface area contributed by atoms with Gasteiger partial charge in [0.25, 0.3) is 0 Å². The molecular weight excluding hydrogens is 253 g/mol. The van der Waals surface area contributed by atoms with Gasteiger partial charge in [-0.15, -0.1) is 13.2 Å². The lowest BCUT2D eigenvalue weighted by molar-refractivity contribution is -0.274. The number of alkyl halides is 3. The average Bonchev–Trinajstić information content (AvgIpc) is 2.29. The first kappa shape index (κ1) is 14.0. The van der Waals surface area contributed by atoms with Gasteiger partial charge < -0.3 is 9.47 Å². The molecule has 0 spiro atoms. The molecule has 0 bridgehead atoms. The number of benzene rings is 1. The van der Waals surface area contributed by atoms with Gasteiger partial charge in [-0.1, -0.05) is 0 Å². The Morgan fingerprint density at radius 2 is 1.67 bits per heavy atom. The van der Waals surface area contributed by atoms with Crippen LogP contribution in [0.2, 0.25) is 0 Å². The summed E-state index contributed by atoms with van der Waals surface area (Å²) in [6, 6.07) is 2.15. The zero-order valence-corrected chi connectivity index (χ0v) is 9.28. The standard InChI is InChI=1S/C11H9F3O4/c1-2-17-9-3-7(5-15)10(8(4-9)6-16)18-11(12,13)14/h3-6H,2H2,1H3. The highest BCUT2D eigenvalue weighted by atomic mass is 19.4. The van der Waals surface area contributed by atoms with Crippen LogP contribution in [0.5, 0.6) is 11.5 Å². The molecule has 0 aromatic heterocycles. The molecule has 1 aromatic rings. The number of carbonyl (C=O) groups excluding carboxylic acids is 2. The maximum Gasteiger partial charge on any atom is 0.573 e. The van der Waals surface area contributed by atoms with Crippen molar-refractivity contribution in [1.29, 1.82) is 0 Å². The van der Waals surface area contributed by atoms with Crippen molar-refractivity contribution in [3.05, 3.63) is 23.3 Å². The zero-order chi connectivity index (χ0) is 13.8. The Bertz CT molecular complexity index is 425. The molecule has 0 fully saturated rings. The van der Waals surface area contributed by atoms with Crippen LogP contribution in [0, 0.1) is 0 Å². The number of halogens is 3. The van der Waals surface area contributed by atoms with Gasteiger partial charge in [-0.05, 0) is 19.1 Å². The topological polar surface area (TPSA) is 52.6 Å². The van der Waals surface area contributed by atoms with Gasteiger partial charge in [-0.25, -0.2) is 0 Å².